The largest absolute Gasteiger partial charge is 0.480 e. The Morgan fingerprint density at radius 3 is 2.73 bits per heavy atom. The molecule has 0 fully saturated rings. The number of carbonyl (C=O) groups is 1. The molecule has 2 aromatic carbocycles. The van der Waals surface area contributed by atoms with Gasteiger partial charge in [0.2, 0.25) is 0 Å². The summed E-state index contributed by atoms with van der Waals surface area (Å²) in [6.45, 7) is 1.81. The quantitative estimate of drug-likeness (QED) is 0.481. The van der Waals surface area contributed by atoms with Crippen LogP contribution in [-0.4, -0.2) is 20.6 Å². The number of halogens is 1. The summed E-state index contributed by atoms with van der Waals surface area (Å²) in [7, 11) is 0. The number of fused-ring (bicyclic) bond motifs is 2. The SMILES string of the molecule is Cc1c(Sc2ccc3ccccc3c2)c2c(Cl)nccc2n1CC(=O)O. The Morgan fingerprint density at radius 2 is 1.96 bits per heavy atom. The molecule has 6 heteroatoms. The number of benzene rings is 2. The lowest BCUT2D eigenvalue weighted by Gasteiger charge is -2.06. The van der Waals surface area contributed by atoms with Crippen molar-refractivity contribution in [3.63, 3.8) is 0 Å². The van der Waals surface area contributed by atoms with Crippen LogP contribution in [0.5, 0.6) is 0 Å². The first-order chi connectivity index (χ1) is 12.5. The van der Waals surface area contributed by atoms with Gasteiger partial charge in [-0.3, -0.25) is 4.79 Å². The van der Waals surface area contributed by atoms with E-state index in [4.69, 9.17) is 11.6 Å². The van der Waals surface area contributed by atoms with E-state index in [0.717, 1.165) is 31.8 Å². The summed E-state index contributed by atoms with van der Waals surface area (Å²) in [5.41, 5.74) is 1.66. The molecule has 2 heterocycles. The molecule has 4 rings (SSSR count). The van der Waals surface area contributed by atoms with Gasteiger partial charge in [0.1, 0.15) is 11.7 Å². The van der Waals surface area contributed by atoms with Gasteiger partial charge in [0.15, 0.2) is 0 Å². The smallest absolute Gasteiger partial charge is 0.323 e. The zero-order chi connectivity index (χ0) is 18.3. The van der Waals surface area contributed by atoms with Gasteiger partial charge in [-0.05, 0) is 35.9 Å². The van der Waals surface area contributed by atoms with Crippen LogP contribution in [0.1, 0.15) is 5.69 Å². The van der Waals surface area contributed by atoms with E-state index in [1.807, 2.05) is 25.1 Å². The zero-order valence-corrected chi connectivity index (χ0v) is 15.5. The molecule has 0 aliphatic heterocycles. The Bertz CT molecular complexity index is 1150. The molecule has 2 aromatic heterocycles. The molecule has 1 N–H and O–H groups in total. The monoisotopic (exact) mass is 382 g/mol. The highest BCUT2D eigenvalue weighted by Crippen LogP contribution is 2.41. The van der Waals surface area contributed by atoms with E-state index in [2.05, 4.69) is 35.3 Å². The maximum Gasteiger partial charge on any atom is 0.323 e. The highest BCUT2D eigenvalue weighted by Gasteiger charge is 2.19. The lowest BCUT2D eigenvalue weighted by Crippen LogP contribution is -2.09. The van der Waals surface area contributed by atoms with E-state index in [1.54, 1.807) is 22.5 Å². The fourth-order valence-electron chi connectivity index (χ4n) is 3.16. The molecule has 0 bridgehead atoms. The second-order valence-electron chi connectivity index (χ2n) is 6.00. The average Bonchev–Trinajstić information content (AvgIpc) is 2.88. The van der Waals surface area contributed by atoms with E-state index >= 15 is 0 Å². The molecule has 0 spiro atoms. The summed E-state index contributed by atoms with van der Waals surface area (Å²) >= 11 is 7.94. The van der Waals surface area contributed by atoms with Gasteiger partial charge in [0, 0.05) is 21.7 Å². The minimum atomic E-state index is -0.889. The van der Waals surface area contributed by atoms with Crippen LogP contribution in [0.2, 0.25) is 5.15 Å². The van der Waals surface area contributed by atoms with Gasteiger partial charge in [-0.1, -0.05) is 53.7 Å². The number of rotatable bonds is 4. The van der Waals surface area contributed by atoms with Gasteiger partial charge in [-0.25, -0.2) is 4.98 Å². The molecule has 0 radical (unpaired) electrons. The summed E-state index contributed by atoms with van der Waals surface area (Å²) in [4.78, 5) is 17.5. The van der Waals surface area contributed by atoms with E-state index in [1.165, 1.54) is 5.39 Å². The third-order valence-corrected chi connectivity index (χ3v) is 5.85. The standard InChI is InChI=1S/C20H15ClN2O2S/c1-12-19(26-15-7-6-13-4-2-3-5-14(13)10-15)18-16(8-9-22-20(18)21)23(12)11-17(24)25/h2-10H,11H2,1H3,(H,24,25). The highest BCUT2D eigenvalue weighted by molar-refractivity contribution is 7.99. The van der Waals surface area contributed by atoms with Crippen molar-refractivity contribution in [2.75, 3.05) is 0 Å². The Balaban J connectivity index is 1.87. The van der Waals surface area contributed by atoms with Gasteiger partial charge in [0.25, 0.3) is 0 Å². The third kappa shape index (κ3) is 2.93. The van der Waals surface area contributed by atoms with Crippen molar-refractivity contribution in [3.05, 3.63) is 65.6 Å². The van der Waals surface area contributed by atoms with Gasteiger partial charge >= 0.3 is 5.97 Å². The lowest BCUT2D eigenvalue weighted by molar-refractivity contribution is -0.137. The average molecular weight is 383 g/mol. The summed E-state index contributed by atoms with van der Waals surface area (Å²) < 4.78 is 1.77. The number of hydrogen-bond acceptors (Lipinski definition) is 3. The molecule has 0 aliphatic carbocycles. The van der Waals surface area contributed by atoms with Gasteiger partial charge < -0.3 is 9.67 Å². The number of nitrogens with zero attached hydrogens (tertiary/aromatic N) is 2. The van der Waals surface area contributed by atoms with Crippen molar-refractivity contribution < 1.29 is 9.90 Å². The fourth-order valence-corrected chi connectivity index (χ4v) is 4.58. The van der Waals surface area contributed by atoms with Crippen molar-refractivity contribution in [2.24, 2.45) is 0 Å². The van der Waals surface area contributed by atoms with Crippen molar-refractivity contribution in [1.29, 1.82) is 0 Å². The van der Waals surface area contributed by atoms with Crippen molar-refractivity contribution in [3.8, 4) is 0 Å². The molecule has 0 unspecified atom stereocenters. The van der Waals surface area contributed by atoms with Gasteiger partial charge in [-0.15, -0.1) is 0 Å². The molecule has 0 saturated carbocycles. The van der Waals surface area contributed by atoms with Crippen LogP contribution in [-0.2, 0) is 11.3 Å². The minimum Gasteiger partial charge on any atom is -0.480 e. The van der Waals surface area contributed by atoms with Crippen LogP contribution in [0.25, 0.3) is 21.7 Å². The van der Waals surface area contributed by atoms with E-state index < -0.39 is 5.97 Å². The summed E-state index contributed by atoms with van der Waals surface area (Å²) in [6.07, 6.45) is 1.60. The summed E-state index contributed by atoms with van der Waals surface area (Å²) in [5.74, 6) is -0.889. The normalized spacial score (nSPS) is 11.3. The number of aromatic nitrogens is 2. The van der Waals surface area contributed by atoms with E-state index in [9.17, 15) is 9.90 Å². The molecule has 0 amide bonds. The number of pyridine rings is 1. The molecule has 0 atom stereocenters. The number of carboxylic acid groups (broad SMARTS) is 1. The van der Waals surface area contributed by atoms with Crippen LogP contribution in [0.4, 0.5) is 0 Å². The molecular formula is C20H15ClN2O2S. The van der Waals surface area contributed by atoms with Crippen molar-refractivity contribution >= 4 is 51.0 Å². The fraction of sp³-hybridized carbons (Fsp3) is 0.100. The maximum atomic E-state index is 11.3. The molecule has 4 nitrogen and oxygen atoms in total. The first-order valence-electron chi connectivity index (χ1n) is 8.06. The van der Waals surface area contributed by atoms with Crippen LogP contribution in [0.3, 0.4) is 0 Å². The van der Waals surface area contributed by atoms with Crippen molar-refractivity contribution in [1.82, 2.24) is 9.55 Å². The topological polar surface area (TPSA) is 55.1 Å². The molecule has 0 aliphatic rings. The third-order valence-electron chi connectivity index (χ3n) is 4.37. The minimum absolute atomic E-state index is 0.110. The second kappa shape index (κ2) is 6.67. The second-order valence-corrected chi connectivity index (χ2v) is 7.44. The summed E-state index contributed by atoms with van der Waals surface area (Å²) in [6, 6.07) is 16.3. The Kier molecular flexibility index (Phi) is 4.34. The Morgan fingerprint density at radius 1 is 1.19 bits per heavy atom. The Hall–Kier alpha value is -2.50. The number of carboxylic acids is 1. The molecule has 0 saturated heterocycles. The van der Waals surface area contributed by atoms with E-state index in [-0.39, 0.29) is 6.54 Å². The zero-order valence-electron chi connectivity index (χ0n) is 13.9. The number of hydrogen-bond donors (Lipinski definition) is 1. The highest BCUT2D eigenvalue weighted by atomic mass is 35.5. The van der Waals surface area contributed by atoms with Gasteiger partial charge in [0.05, 0.1) is 10.9 Å². The molecular weight excluding hydrogens is 368 g/mol. The van der Waals surface area contributed by atoms with Crippen LogP contribution in [0, 0.1) is 6.92 Å². The predicted molar refractivity (Wildman–Crippen MR) is 105 cm³/mol. The molecule has 4 aromatic rings. The first-order valence-corrected chi connectivity index (χ1v) is 9.26. The van der Waals surface area contributed by atoms with Gasteiger partial charge in [-0.2, -0.15) is 0 Å². The van der Waals surface area contributed by atoms with Crippen LogP contribution < -0.4 is 0 Å². The first kappa shape index (κ1) is 16.9. The molecule has 130 valence electrons. The lowest BCUT2D eigenvalue weighted by atomic mass is 10.1. The van der Waals surface area contributed by atoms with Crippen LogP contribution in [0.15, 0.2) is 64.5 Å². The van der Waals surface area contributed by atoms with Crippen molar-refractivity contribution in [2.45, 2.75) is 23.3 Å². The maximum absolute atomic E-state index is 11.3. The summed E-state index contributed by atoms with van der Waals surface area (Å²) in [5, 5.41) is 12.8. The predicted octanol–water partition coefficient (Wildman–Crippen LogP) is 5.39. The molecule has 26 heavy (non-hydrogen) atoms. The number of aliphatic carboxylic acids is 1. The van der Waals surface area contributed by atoms with Crippen LogP contribution >= 0.6 is 23.4 Å². The Labute approximate surface area is 159 Å². The van der Waals surface area contributed by atoms with E-state index in [0.29, 0.717) is 5.15 Å².